The summed E-state index contributed by atoms with van der Waals surface area (Å²) in [6, 6.07) is 11.3. The molecule has 2 aromatic rings. The number of amides is 1. The van der Waals surface area contributed by atoms with Crippen LogP contribution in [-0.2, 0) is 11.2 Å². The fourth-order valence-corrected chi connectivity index (χ4v) is 4.20. The fourth-order valence-electron chi connectivity index (χ4n) is 2.39. The van der Waals surface area contributed by atoms with Crippen LogP contribution in [0, 0.1) is 0 Å². The third-order valence-corrected chi connectivity index (χ3v) is 5.59. The monoisotopic (exact) mass is 438 g/mol. The number of aryl methyl sites for hydroxylation is 1. The van der Waals surface area contributed by atoms with Crippen LogP contribution in [0.3, 0.4) is 0 Å². The van der Waals surface area contributed by atoms with Gasteiger partial charge in [0, 0.05) is 16.3 Å². The van der Waals surface area contributed by atoms with E-state index in [1.54, 1.807) is 18.2 Å². The molecule has 0 aromatic heterocycles. The van der Waals surface area contributed by atoms with E-state index in [1.807, 2.05) is 12.1 Å². The molecule has 4 nitrogen and oxygen atoms in total. The van der Waals surface area contributed by atoms with Crippen molar-refractivity contribution < 1.29 is 9.90 Å². The number of anilines is 1. The molecule has 7 heteroatoms. The average Bonchev–Trinajstić information content (AvgIpc) is 2.92. The molecular weight excluding hydrogens is 424 g/mol. The molecule has 3 N–H and O–H groups in total. The van der Waals surface area contributed by atoms with Crippen molar-refractivity contribution in [3.05, 3.63) is 61.9 Å². The van der Waals surface area contributed by atoms with Crippen LogP contribution in [-0.4, -0.2) is 16.5 Å². The summed E-state index contributed by atoms with van der Waals surface area (Å²) in [7, 11) is 0. The highest BCUT2D eigenvalue weighted by atomic mass is 79.9. The first-order chi connectivity index (χ1) is 12.0. The second-order valence-corrected chi connectivity index (χ2v) is 7.94. The van der Waals surface area contributed by atoms with Crippen molar-refractivity contribution in [2.45, 2.75) is 18.8 Å². The number of thioether (sulfide) groups is 1. The molecule has 1 aliphatic heterocycles. The number of benzene rings is 2. The van der Waals surface area contributed by atoms with Gasteiger partial charge >= 0.3 is 0 Å². The molecule has 1 fully saturated rings. The molecule has 0 unspecified atom stereocenters. The van der Waals surface area contributed by atoms with Crippen molar-refractivity contribution in [2.24, 2.45) is 0 Å². The lowest BCUT2D eigenvalue weighted by Crippen LogP contribution is -2.30. The topological polar surface area (TPSA) is 61.4 Å². The number of hydrogen-bond acceptors (Lipinski definition) is 4. The maximum atomic E-state index is 12.2. The number of halogens is 2. The Hall–Kier alpha value is -1.63. The van der Waals surface area contributed by atoms with Crippen LogP contribution in [0.2, 0.25) is 5.02 Å². The lowest BCUT2D eigenvalue weighted by Gasteiger charge is -2.12. The predicted octanol–water partition coefficient (Wildman–Crippen LogP) is 4.97. The SMILES string of the molecule is CCc1ccc(N[C@@H]2NC(=O)/C(=C/c3cc(Cl)cc(Br)c3O)S2)cc1. The number of phenolic OH excluding ortho intramolecular Hbond substituents is 1. The molecule has 0 spiro atoms. The highest BCUT2D eigenvalue weighted by Crippen LogP contribution is 2.36. The van der Waals surface area contributed by atoms with Gasteiger partial charge in [-0.15, -0.1) is 0 Å². The van der Waals surface area contributed by atoms with E-state index in [0.717, 1.165) is 12.1 Å². The summed E-state index contributed by atoms with van der Waals surface area (Å²) in [5.74, 6) is -0.139. The van der Waals surface area contributed by atoms with E-state index in [0.29, 0.717) is 20.0 Å². The summed E-state index contributed by atoms with van der Waals surface area (Å²) in [5, 5.41) is 16.7. The van der Waals surface area contributed by atoms with Gasteiger partial charge in [0.1, 0.15) is 5.75 Å². The smallest absolute Gasteiger partial charge is 0.260 e. The van der Waals surface area contributed by atoms with Gasteiger partial charge in [-0.3, -0.25) is 4.79 Å². The second kappa shape index (κ2) is 7.72. The lowest BCUT2D eigenvalue weighted by molar-refractivity contribution is -0.116. The number of phenols is 1. The molecule has 130 valence electrons. The van der Waals surface area contributed by atoms with Crippen molar-refractivity contribution in [1.29, 1.82) is 0 Å². The maximum Gasteiger partial charge on any atom is 0.260 e. The number of hydrogen-bond donors (Lipinski definition) is 3. The normalized spacial score (nSPS) is 18.4. The summed E-state index contributed by atoms with van der Waals surface area (Å²) in [4.78, 5) is 12.7. The molecule has 0 saturated carbocycles. The molecular formula is C18H16BrClN2O2S. The molecule has 1 heterocycles. The number of aromatic hydroxyl groups is 1. The molecule has 0 radical (unpaired) electrons. The van der Waals surface area contributed by atoms with Crippen LogP contribution < -0.4 is 10.6 Å². The van der Waals surface area contributed by atoms with Crippen LogP contribution in [0.5, 0.6) is 5.75 Å². The van der Waals surface area contributed by atoms with E-state index in [4.69, 9.17) is 11.6 Å². The van der Waals surface area contributed by atoms with Gasteiger partial charge in [0.15, 0.2) is 5.50 Å². The van der Waals surface area contributed by atoms with Gasteiger partial charge in [0.25, 0.3) is 5.91 Å². The van der Waals surface area contributed by atoms with Crippen LogP contribution in [0.15, 0.2) is 45.8 Å². The molecule has 1 amide bonds. The molecule has 0 aliphatic carbocycles. The summed E-state index contributed by atoms with van der Waals surface area (Å²) >= 11 is 10.6. The first-order valence-electron chi connectivity index (χ1n) is 7.69. The number of rotatable bonds is 4. The van der Waals surface area contributed by atoms with Gasteiger partial charge in [-0.1, -0.05) is 42.4 Å². The Morgan fingerprint density at radius 2 is 2.08 bits per heavy atom. The Bertz CT molecular complexity index is 840. The number of carbonyl (C=O) groups excluding carboxylic acids is 1. The third kappa shape index (κ3) is 4.32. The first kappa shape index (κ1) is 18.2. The Balaban J connectivity index is 1.76. The van der Waals surface area contributed by atoms with Crippen molar-refractivity contribution in [1.82, 2.24) is 5.32 Å². The van der Waals surface area contributed by atoms with E-state index < -0.39 is 0 Å². The minimum absolute atomic E-state index is 0.0527. The molecule has 0 bridgehead atoms. The molecule has 2 aromatic carbocycles. The Kier molecular flexibility index (Phi) is 5.61. The largest absolute Gasteiger partial charge is 0.506 e. The van der Waals surface area contributed by atoms with Gasteiger partial charge in [0.05, 0.1) is 9.38 Å². The summed E-state index contributed by atoms with van der Waals surface area (Å²) in [6.45, 7) is 2.11. The van der Waals surface area contributed by atoms with Crippen molar-refractivity contribution in [3.63, 3.8) is 0 Å². The highest BCUT2D eigenvalue weighted by molar-refractivity contribution is 9.10. The Labute approximate surface area is 163 Å². The Morgan fingerprint density at radius 1 is 1.36 bits per heavy atom. The van der Waals surface area contributed by atoms with Gasteiger partial charge in [-0.05, 0) is 58.3 Å². The standard InChI is InChI=1S/C18H16BrClN2O2S/c1-2-10-3-5-13(6-4-10)21-18-22-17(24)15(25-18)8-11-7-12(20)9-14(19)16(11)23/h3-9,18,21,23H,2H2,1H3,(H,22,24)/b15-8-/t18-/m1/s1. The maximum absolute atomic E-state index is 12.2. The van der Waals surface area contributed by atoms with Gasteiger partial charge in [0.2, 0.25) is 0 Å². The van der Waals surface area contributed by atoms with Gasteiger partial charge < -0.3 is 15.7 Å². The Morgan fingerprint density at radius 3 is 2.76 bits per heavy atom. The zero-order valence-corrected chi connectivity index (χ0v) is 16.5. The summed E-state index contributed by atoms with van der Waals surface area (Å²) in [6.07, 6.45) is 2.62. The zero-order chi connectivity index (χ0) is 18.0. The van der Waals surface area contributed by atoms with Crippen LogP contribution in [0.4, 0.5) is 5.69 Å². The van der Waals surface area contributed by atoms with E-state index >= 15 is 0 Å². The van der Waals surface area contributed by atoms with Crippen molar-refractivity contribution >= 4 is 57.0 Å². The zero-order valence-electron chi connectivity index (χ0n) is 13.3. The van der Waals surface area contributed by atoms with Crippen molar-refractivity contribution in [3.8, 4) is 5.75 Å². The van der Waals surface area contributed by atoms with E-state index in [1.165, 1.54) is 17.3 Å². The van der Waals surface area contributed by atoms with Gasteiger partial charge in [-0.2, -0.15) is 0 Å². The van der Waals surface area contributed by atoms with E-state index in [9.17, 15) is 9.90 Å². The van der Waals surface area contributed by atoms with Crippen LogP contribution in [0.25, 0.3) is 6.08 Å². The quantitative estimate of drug-likeness (QED) is 0.589. The van der Waals surface area contributed by atoms with E-state index in [-0.39, 0.29) is 17.2 Å². The minimum atomic E-state index is -0.268. The van der Waals surface area contributed by atoms with Gasteiger partial charge in [-0.25, -0.2) is 0 Å². The van der Waals surface area contributed by atoms with E-state index in [2.05, 4.69) is 45.6 Å². The molecule has 1 atom stereocenters. The lowest BCUT2D eigenvalue weighted by atomic mass is 10.1. The number of carbonyl (C=O) groups is 1. The first-order valence-corrected chi connectivity index (χ1v) is 9.74. The minimum Gasteiger partial charge on any atom is -0.506 e. The summed E-state index contributed by atoms with van der Waals surface area (Å²) < 4.78 is 0.487. The fraction of sp³-hybridized carbons (Fsp3) is 0.167. The van der Waals surface area contributed by atoms with Crippen molar-refractivity contribution in [2.75, 3.05) is 5.32 Å². The van der Waals surface area contributed by atoms with Crippen LogP contribution >= 0.6 is 39.3 Å². The number of nitrogens with one attached hydrogen (secondary N) is 2. The summed E-state index contributed by atoms with van der Waals surface area (Å²) in [5.41, 5.74) is 2.42. The molecule has 25 heavy (non-hydrogen) atoms. The predicted molar refractivity (Wildman–Crippen MR) is 108 cm³/mol. The second-order valence-electron chi connectivity index (χ2n) is 5.50. The molecule has 3 rings (SSSR count). The average molecular weight is 440 g/mol. The third-order valence-electron chi connectivity index (χ3n) is 3.74. The van der Waals surface area contributed by atoms with Crippen LogP contribution in [0.1, 0.15) is 18.1 Å². The highest BCUT2D eigenvalue weighted by Gasteiger charge is 2.27. The molecule has 1 saturated heterocycles. The molecule has 1 aliphatic rings.